The first-order valence-corrected chi connectivity index (χ1v) is 7.14. The third-order valence-corrected chi connectivity index (χ3v) is 3.63. The molecule has 0 bridgehead atoms. The Hall–Kier alpha value is -1.69. The molecule has 0 aliphatic heterocycles. The van der Waals surface area contributed by atoms with Gasteiger partial charge in [-0.25, -0.2) is 0 Å². The monoisotopic (exact) mass is 275 g/mol. The molecular formula is C14H21N5O. The fourth-order valence-corrected chi connectivity index (χ4v) is 2.32. The minimum Gasteiger partial charge on any atom is -0.338 e. The first-order chi connectivity index (χ1) is 9.61. The van der Waals surface area contributed by atoms with Crippen LogP contribution in [0.2, 0.25) is 0 Å². The minimum absolute atomic E-state index is 0.549. The van der Waals surface area contributed by atoms with Crippen molar-refractivity contribution in [3.05, 3.63) is 29.2 Å². The van der Waals surface area contributed by atoms with Crippen molar-refractivity contribution < 1.29 is 4.52 Å². The highest BCUT2D eigenvalue weighted by Crippen LogP contribution is 2.38. The molecule has 6 nitrogen and oxygen atoms in total. The van der Waals surface area contributed by atoms with Gasteiger partial charge in [-0.15, -0.1) is 0 Å². The molecule has 1 saturated carbocycles. The van der Waals surface area contributed by atoms with Crippen molar-refractivity contribution >= 4 is 0 Å². The Morgan fingerprint density at radius 3 is 2.85 bits per heavy atom. The first kappa shape index (κ1) is 13.3. The van der Waals surface area contributed by atoms with Crippen LogP contribution in [0.15, 0.2) is 10.6 Å². The summed E-state index contributed by atoms with van der Waals surface area (Å²) in [6.45, 7) is 6.58. The summed E-state index contributed by atoms with van der Waals surface area (Å²) in [6, 6.07) is 2.10. The molecule has 0 spiro atoms. The van der Waals surface area contributed by atoms with Gasteiger partial charge in [0.05, 0.1) is 18.8 Å². The van der Waals surface area contributed by atoms with Gasteiger partial charge in [0.25, 0.3) is 0 Å². The molecule has 1 fully saturated rings. The molecule has 108 valence electrons. The fourth-order valence-electron chi connectivity index (χ4n) is 2.32. The quantitative estimate of drug-likeness (QED) is 0.805. The van der Waals surface area contributed by atoms with Gasteiger partial charge in [-0.1, -0.05) is 5.16 Å². The van der Waals surface area contributed by atoms with E-state index in [0.717, 1.165) is 24.6 Å². The zero-order valence-electron chi connectivity index (χ0n) is 12.3. The van der Waals surface area contributed by atoms with Crippen molar-refractivity contribution in [3.8, 4) is 0 Å². The lowest BCUT2D eigenvalue weighted by atomic mass is 10.4. The number of likely N-dealkylation sites (N-methyl/N-ethyl adjacent to an activating group) is 1. The Balaban J connectivity index is 1.51. The van der Waals surface area contributed by atoms with Crippen LogP contribution in [0.25, 0.3) is 0 Å². The number of nitrogens with zero attached hydrogens (tertiary/aromatic N) is 5. The lowest BCUT2D eigenvalue weighted by molar-refractivity contribution is 0.254. The van der Waals surface area contributed by atoms with Gasteiger partial charge in [0.2, 0.25) is 5.89 Å². The molecule has 6 heteroatoms. The zero-order valence-corrected chi connectivity index (χ0v) is 12.3. The van der Waals surface area contributed by atoms with Gasteiger partial charge in [0.1, 0.15) is 0 Å². The summed E-state index contributed by atoms with van der Waals surface area (Å²) in [5, 5.41) is 8.50. The highest BCUT2D eigenvalue weighted by molar-refractivity contribution is 5.06. The Labute approximate surface area is 118 Å². The van der Waals surface area contributed by atoms with E-state index >= 15 is 0 Å². The van der Waals surface area contributed by atoms with Gasteiger partial charge in [0.15, 0.2) is 5.82 Å². The normalized spacial score (nSPS) is 15.2. The number of hydrogen-bond acceptors (Lipinski definition) is 5. The van der Waals surface area contributed by atoms with Crippen LogP contribution in [0.5, 0.6) is 0 Å². The third kappa shape index (κ3) is 3.07. The molecule has 1 aliphatic rings. The molecule has 0 unspecified atom stereocenters. The summed E-state index contributed by atoms with van der Waals surface area (Å²) in [7, 11) is 2.06. The molecule has 2 aromatic heterocycles. The molecule has 0 N–H and O–H groups in total. The van der Waals surface area contributed by atoms with Crippen LogP contribution in [0, 0.1) is 13.8 Å². The van der Waals surface area contributed by atoms with Crippen molar-refractivity contribution in [2.75, 3.05) is 13.6 Å². The molecule has 1 aliphatic carbocycles. The van der Waals surface area contributed by atoms with Crippen molar-refractivity contribution in [2.24, 2.45) is 0 Å². The van der Waals surface area contributed by atoms with Crippen LogP contribution in [-0.4, -0.2) is 38.4 Å². The van der Waals surface area contributed by atoms with Crippen molar-refractivity contribution in [1.29, 1.82) is 0 Å². The van der Waals surface area contributed by atoms with Gasteiger partial charge in [-0.2, -0.15) is 10.1 Å². The second kappa shape index (κ2) is 5.36. The average molecular weight is 275 g/mol. The first-order valence-electron chi connectivity index (χ1n) is 7.14. The van der Waals surface area contributed by atoms with E-state index in [4.69, 9.17) is 4.52 Å². The molecule has 0 atom stereocenters. The summed E-state index contributed by atoms with van der Waals surface area (Å²) in [5.74, 6) is 2.14. The third-order valence-electron chi connectivity index (χ3n) is 3.63. The number of aromatic nitrogens is 4. The standard InChI is InChI=1S/C14H21N5O/c1-10-8-11(2)19(16-10)7-6-18(3)9-13-15-14(17-20-13)12-4-5-12/h8,12H,4-7,9H2,1-3H3. The number of hydrogen-bond donors (Lipinski definition) is 0. The van der Waals surface area contributed by atoms with Crippen LogP contribution >= 0.6 is 0 Å². The lowest BCUT2D eigenvalue weighted by Crippen LogP contribution is -2.23. The van der Waals surface area contributed by atoms with Crippen LogP contribution < -0.4 is 0 Å². The van der Waals surface area contributed by atoms with E-state index in [1.54, 1.807) is 0 Å². The molecule has 0 amide bonds. The maximum Gasteiger partial charge on any atom is 0.240 e. The molecule has 0 radical (unpaired) electrons. The second-order valence-corrected chi connectivity index (χ2v) is 5.71. The molecular weight excluding hydrogens is 254 g/mol. The largest absolute Gasteiger partial charge is 0.338 e. The second-order valence-electron chi connectivity index (χ2n) is 5.71. The predicted octanol–water partition coefficient (Wildman–Crippen LogP) is 1.89. The average Bonchev–Trinajstić information content (AvgIpc) is 3.06. The molecule has 20 heavy (non-hydrogen) atoms. The smallest absolute Gasteiger partial charge is 0.240 e. The van der Waals surface area contributed by atoms with Gasteiger partial charge >= 0.3 is 0 Å². The number of aryl methyl sites for hydroxylation is 2. The van der Waals surface area contributed by atoms with Crippen molar-refractivity contribution in [1.82, 2.24) is 24.8 Å². The summed E-state index contributed by atoms with van der Waals surface area (Å²) in [4.78, 5) is 6.63. The van der Waals surface area contributed by atoms with Gasteiger partial charge in [-0.3, -0.25) is 9.58 Å². The van der Waals surface area contributed by atoms with Crippen LogP contribution in [0.1, 0.15) is 41.9 Å². The minimum atomic E-state index is 0.549. The van der Waals surface area contributed by atoms with E-state index < -0.39 is 0 Å². The zero-order chi connectivity index (χ0) is 14.1. The van der Waals surface area contributed by atoms with Gasteiger partial charge < -0.3 is 4.52 Å². The molecule has 2 heterocycles. The summed E-state index contributed by atoms with van der Waals surface area (Å²) in [5.41, 5.74) is 2.26. The molecule has 0 saturated heterocycles. The maximum atomic E-state index is 5.29. The van der Waals surface area contributed by atoms with E-state index in [-0.39, 0.29) is 0 Å². The molecule has 0 aromatic carbocycles. The SMILES string of the molecule is Cc1cc(C)n(CCN(C)Cc2nc(C3CC3)no2)n1. The Morgan fingerprint density at radius 2 is 2.20 bits per heavy atom. The van der Waals surface area contributed by atoms with E-state index in [1.165, 1.54) is 18.5 Å². The predicted molar refractivity (Wildman–Crippen MR) is 74.3 cm³/mol. The Kier molecular flexibility index (Phi) is 3.56. The Morgan fingerprint density at radius 1 is 1.40 bits per heavy atom. The van der Waals surface area contributed by atoms with Gasteiger partial charge in [0, 0.05) is 18.2 Å². The van der Waals surface area contributed by atoms with Crippen molar-refractivity contribution in [3.63, 3.8) is 0 Å². The van der Waals surface area contributed by atoms with E-state index in [1.807, 2.05) is 11.6 Å². The van der Waals surface area contributed by atoms with Crippen molar-refractivity contribution in [2.45, 2.75) is 45.7 Å². The lowest BCUT2D eigenvalue weighted by Gasteiger charge is -2.14. The number of rotatable bonds is 6. The van der Waals surface area contributed by atoms with E-state index in [9.17, 15) is 0 Å². The van der Waals surface area contributed by atoms with Gasteiger partial charge in [-0.05, 0) is 39.8 Å². The van der Waals surface area contributed by atoms with Crippen LogP contribution in [0.4, 0.5) is 0 Å². The van der Waals surface area contributed by atoms with E-state index in [2.05, 4.69) is 40.2 Å². The topological polar surface area (TPSA) is 60.0 Å². The highest BCUT2D eigenvalue weighted by Gasteiger charge is 2.28. The van der Waals surface area contributed by atoms with E-state index in [0.29, 0.717) is 18.4 Å². The fraction of sp³-hybridized carbons (Fsp3) is 0.643. The van der Waals surface area contributed by atoms with Crippen LogP contribution in [0.3, 0.4) is 0 Å². The maximum absolute atomic E-state index is 5.29. The summed E-state index contributed by atoms with van der Waals surface area (Å²) < 4.78 is 7.33. The summed E-state index contributed by atoms with van der Waals surface area (Å²) in [6.07, 6.45) is 2.40. The highest BCUT2D eigenvalue weighted by atomic mass is 16.5. The summed E-state index contributed by atoms with van der Waals surface area (Å²) >= 11 is 0. The Bertz CT molecular complexity index is 584. The van der Waals surface area contributed by atoms with Crippen LogP contribution in [-0.2, 0) is 13.1 Å². The molecule has 3 rings (SSSR count). The molecule has 2 aromatic rings.